The highest BCUT2D eigenvalue weighted by Gasteiger charge is 2.32. The molecule has 0 unspecified atom stereocenters. The number of nitrogens with one attached hydrogen (secondary N) is 1. The summed E-state index contributed by atoms with van der Waals surface area (Å²) < 4.78 is 4.94. The molecule has 1 aliphatic carbocycles. The Bertz CT molecular complexity index is 538. The fourth-order valence-electron chi connectivity index (χ4n) is 2.45. The van der Waals surface area contributed by atoms with Crippen molar-refractivity contribution in [1.29, 1.82) is 5.26 Å². The maximum atomic E-state index is 12.1. The van der Waals surface area contributed by atoms with Crippen LogP contribution in [-0.4, -0.2) is 22.7 Å². The number of ketones is 1. The van der Waals surface area contributed by atoms with Gasteiger partial charge < -0.3 is 9.73 Å². The van der Waals surface area contributed by atoms with Gasteiger partial charge >= 0.3 is 0 Å². The van der Waals surface area contributed by atoms with Crippen molar-refractivity contribution in [2.75, 3.05) is 0 Å². The molecule has 1 N–H and O–H groups in total. The first-order chi connectivity index (χ1) is 9.63. The lowest BCUT2D eigenvalue weighted by Gasteiger charge is -2.23. The van der Waals surface area contributed by atoms with E-state index in [1.54, 1.807) is 13.0 Å². The van der Waals surface area contributed by atoms with E-state index in [1.165, 1.54) is 6.42 Å². The van der Waals surface area contributed by atoms with Crippen LogP contribution < -0.4 is 5.32 Å². The average Bonchev–Trinajstić information content (AvgIpc) is 2.86. The third kappa shape index (κ3) is 3.05. The minimum atomic E-state index is -1.36. The maximum Gasteiger partial charge on any atom is 0.245 e. The van der Waals surface area contributed by atoms with Gasteiger partial charge in [0.15, 0.2) is 12.3 Å². The molecule has 1 amide bonds. The summed E-state index contributed by atoms with van der Waals surface area (Å²) in [6, 6.07) is 1.83. The average molecular weight is 275 g/mol. The summed E-state index contributed by atoms with van der Waals surface area (Å²) in [5, 5.41) is 11.9. The third-order valence-electron chi connectivity index (χ3n) is 3.58. The number of aryl methyl sites for hydroxylation is 1. The van der Waals surface area contributed by atoms with E-state index in [-0.39, 0.29) is 11.7 Å². The Balaban J connectivity index is 2.04. The molecule has 1 aliphatic rings. The van der Waals surface area contributed by atoms with E-state index in [9.17, 15) is 9.59 Å². The van der Waals surface area contributed by atoms with E-state index in [4.69, 9.17) is 9.68 Å². The molecule has 6 heteroatoms. The number of aromatic nitrogens is 1. The number of oxazole rings is 1. The molecule has 0 radical (unpaired) electrons. The largest absolute Gasteiger partial charge is 0.448 e. The van der Waals surface area contributed by atoms with Crippen molar-refractivity contribution in [3.63, 3.8) is 0 Å². The first kappa shape index (κ1) is 14.3. The molecule has 6 nitrogen and oxygen atoms in total. The number of hydrogen-bond acceptors (Lipinski definition) is 5. The van der Waals surface area contributed by atoms with Crippen molar-refractivity contribution in [3.05, 3.63) is 17.8 Å². The zero-order valence-electron chi connectivity index (χ0n) is 11.4. The molecule has 0 aliphatic heterocycles. The highest BCUT2D eigenvalue weighted by atomic mass is 16.3. The molecule has 0 saturated heterocycles. The van der Waals surface area contributed by atoms with Crippen LogP contribution in [0.25, 0.3) is 0 Å². The molecular formula is C14H17N3O3. The van der Waals surface area contributed by atoms with Gasteiger partial charge in [-0.2, -0.15) is 5.26 Å². The minimum absolute atomic E-state index is 0.0512. The van der Waals surface area contributed by atoms with Crippen molar-refractivity contribution < 1.29 is 14.0 Å². The van der Waals surface area contributed by atoms with E-state index in [0.29, 0.717) is 5.76 Å². The third-order valence-corrected chi connectivity index (χ3v) is 3.58. The molecule has 2 rings (SSSR count). The summed E-state index contributed by atoms with van der Waals surface area (Å²) in [6.07, 6.45) is 6.25. The Morgan fingerprint density at radius 3 is 2.70 bits per heavy atom. The number of Topliss-reactive ketones (excluding diaryl/α,β-unsaturated/α-hetero) is 1. The van der Waals surface area contributed by atoms with Crippen LogP contribution in [0, 0.1) is 24.2 Å². The van der Waals surface area contributed by atoms with Crippen molar-refractivity contribution in [1.82, 2.24) is 10.3 Å². The first-order valence-electron chi connectivity index (χ1n) is 6.77. The van der Waals surface area contributed by atoms with E-state index in [1.807, 2.05) is 0 Å². The van der Waals surface area contributed by atoms with Crippen molar-refractivity contribution in [3.8, 4) is 6.07 Å². The first-order valence-corrected chi connectivity index (χ1v) is 6.77. The second-order valence-corrected chi connectivity index (χ2v) is 5.03. The molecular weight excluding hydrogens is 258 g/mol. The zero-order chi connectivity index (χ0) is 14.5. The van der Waals surface area contributed by atoms with Gasteiger partial charge in [-0.15, -0.1) is 0 Å². The molecule has 106 valence electrons. The van der Waals surface area contributed by atoms with Crippen LogP contribution in [0.2, 0.25) is 0 Å². The van der Waals surface area contributed by atoms with Gasteiger partial charge in [-0.1, -0.05) is 19.3 Å². The van der Waals surface area contributed by atoms with Crippen molar-refractivity contribution in [2.24, 2.45) is 5.92 Å². The monoisotopic (exact) mass is 275 g/mol. The van der Waals surface area contributed by atoms with Crippen LogP contribution in [0.4, 0.5) is 0 Å². The molecule has 1 aromatic rings. The molecule has 0 aromatic carbocycles. The summed E-state index contributed by atoms with van der Waals surface area (Å²) in [5.41, 5.74) is 0.0512. The number of rotatable bonds is 4. The van der Waals surface area contributed by atoms with Crippen molar-refractivity contribution in [2.45, 2.75) is 45.1 Å². The lowest BCUT2D eigenvalue weighted by molar-refractivity contribution is -0.123. The van der Waals surface area contributed by atoms with Gasteiger partial charge in [-0.3, -0.25) is 9.59 Å². The van der Waals surface area contributed by atoms with E-state index in [0.717, 1.165) is 32.1 Å². The topological polar surface area (TPSA) is 96.0 Å². The smallest absolute Gasteiger partial charge is 0.245 e. The zero-order valence-corrected chi connectivity index (χ0v) is 11.4. The Morgan fingerprint density at radius 2 is 2.15 bits per heavy atom. The number of amides is 1. The number of carbonyl (C=O) groups is 2. The fourth-order valence-corrected chi connectivity index (χ4v) is 2.45. The number of carbonyl (C=O) groups excluding carboxylic acids is 2. The molecule has 1 saturated carbocycles. The molecule has 1 aromatic heterocycles. The van der Waals surface area contributed by atoms with Crippen LogP contribution in [-0.2, 0) is 4.79 Å². The molecule has 1 fully saturated rings. The Kier molecular flexibility index (Phi) is 4.51. The van der Waals surface area contributed by atoms with Gasteiger partial charge in [-0.25, -0.2) is 4.98 Å². The SMILES string of the molecule is Cc1ocnc1C(=O)[C@@H](C#N)C(=O)NC1CCCCC1. The van der Waals surface area contributed by atoms with E-state index < -0.39 is 17.6 Å². The van der Waals surface area contributed by atoms with Crippen molar-refractivity contribution >= 4 is 11.7 Å². The van der Waals surface area contributed by atoms with Crippen LogP contribution in [0.3, 0.4) is 0 Å². The second-order valence-electron chi connectivity index (χ2n) is 5.03. The van der Waals surface area contributed by atoms with Crippen LogP contribution in [0.15, 0.2) is 10.8 Å². The van der Waals surface area contributed by atoms with Crippen LogP contribution in [0.1, 0.15) is 48.4 Å². The lowest BCUT2D eigenvalue weighted by Crippen LogP contribution is -2.42. The fraction of sp³-hybridized carbons (Fsp3) is 0.571. The standard InChI is InChI=1S/C14H17N3O3/c1-9-12(16-8-20-9)13(18)11(7-15)14(19)17-10-5-3-2-4-6-10/h8,10-11H,2-6H2,1H3,(H,17,19)/t11-/m1/s1. The Labute approximate surface area is 117 Å². The Morgan fingerprint density at radius 1 is 1.45 bits per heavy atom. The predicted molar refractivity (Wildman–Crippen MR) is 69.7 cm³/mol. The summed E-state index contributed by atoms with van der Waals surface area (Å²) in [4.78, 5) is 28.0. The van der Waals surface area contributed by atoms with Crippen LogP contribution in [0.5, 0.6) is 0 Å². The number of nitrogens with zero attached hydrogens (tertiary/aromatic N) is 2. The highest BCUT2D eigenvalue weighted by molar-refractivity contribution is 6.11. The van der Waals surface area contributed by atoms with Gasteiger partial charge in [0, 0.05) is 6.04 Å². The van der Waals surface area contributed by atoms with E-state index >= 15 is 0 Å². The van der Waals surface area contributed by atoms with Gasteiger partial charge in [-0.05, 0) is 19.8 Å². The molecule has 20 heavy (non-hydrogen) atoms. The van der Waals surface area contributed by atoms with E-state index in [2.05, 4.69) is 10.3 Å². The molecule has 1 atom stereocenters. The minimum Gasteiger partial charge on any atom is -0.448 e. The van der Waals surface area contributed by atoms with Gasteiger partial charge in [0.05, 0.1) is 6.07 Å². The molecule has 0 spiro atoms. The Hall–Kier alpha value is -2.16. The highest BCUT2D eigenvalue weighted by Crippen LogP contribution is 2.18. The predicted octanol–water partition coefficient (Wildman–Crippen LogP) is 1.75. The molecule has 0 bridgehead atoms. The summed E-state index contributed by atoms with van der Waals surface area (Å²) in [7, 11) is 0. The number of hydrogen-bond donors (Lipinski definition) is 1. The van der Waals surface area contributed by atoms with Crippen LogP contribution >= 0.6 is 0 Å². The number of nitriles is 1. The van der Waals surface area contributed by atoms with Gasteiger partial charge in [0.25, 0.3) is 0 Å². The van der Waals surface area contributed by atoms with Gasteiger partial charge in [0.2, 0.25) is 11.7 Å². The summed E-state index contributed by atoms with van der Waals surface area (Å²) >= 11 is 0. The maximum absolute atomic E-state index is 12.1. The van der Waals surface area contributed by atoms with Gasteiger partial charge in [0.1, 0.15) is 11.5 Å². The second kappa shape index (κ2) is 6.33. The summed E-state index contributed by atoms with van der Waals surface area (Å²) in [6.45, 7) is 1.58. The lowest BCUT2D eigenvalue weighted by atomic mass is 9.94. The quantitative estimate of drug-likeness (QED) is 0.667. The normalized spacial score (nSPS) is 17.2. The summed E-state index contributed by atoms with van der Waals surface area (Å²) in [5.74, 6) is -2.18. The molecule has 1 heterocycles.